The Morgan fingerprint density at radius 2 is 1.70 bits per heavy atom. The molecule has 10 heteroatoms. The van der Waals surface area contributed by atoms with E-state index in [0.29, 0.717) is 11.1 Å². The van der Waals surface area contributed by atoms with E-state index in [1.807, 2.05) is 0 Å². The molecule has 2 atom stereocenters. The number of benzene rings is 2. The van der Waals surface area contributed by atoms with Gasteiger partial charge in [-0.25, -0.2) is 9.59 Å². The van der Waals surface area contributed by atoms with Crippen LogP contribution >= 0.6 is 0 Å². The number of nitrogens with zero attached hydrogens (tertiary/aromatic N) is 1. The van der Waals surface area contributed by atoms with Gasteiger partial charge in [-0.2, -0.15) is 13.2 Å². The monoisotopic (exact) mass is 422 g/mol. The normalized spacial score (nSPS) is 13.6. The third kappa shape index (κ3) is 4.37. The van der Waals surface area contributed by atoms with Crippen molar-refractivity contribution in [1.82, 2.24) is 4.57 Å². The molecule has 0 bridgehead atoms. The predicted molar refractivity (Wildman–Crippen MR) is 101 cm³/mol. The lowest BCUT2D eigenvalue weighted by Gasteiger charge is -2.17. The maximum Gasteiger partial charge on any atom is 0.420 e. The molecule has 0 fully saturated rings. The summed E-state index contributed by atoms with van der Waals surface area (Å²) < 4.78 is 49.1. The summed E-state index contributed by atoms with van der Waals surface area (Å²) in [6.07, 6.45) is -5.74. The number of amides is 1. The summed E-state index contributed by atoms with van der Waals surface area (Å²) in [5.41, 5.74) is -0.0448. The summed E-state index contributed by atoms with van der Waals surface area (Å²) in [5, 5.41) is 2.37. The molecular weight excluding hydrogens is 405 g/mol. The van der Waals surface area contributed by atoms with Gasteiger partial charge >= 0.3 is 17.9 Å². The van der Waals surface area contributed by atoms with E-state index in [1.54, 1.807) is 24.3 Å². The standard InChI is InChI=1S/C20H17F3N2O5/c1-11(25-15-5-3-4-6-16(15)30-19(25)28)18(27)29-12(2)17(26)24-14-9-7-13(8-10-14)20(21,22)23/h3-12H,1-2H3,(H,24,26). The molecule has 1 N–H and O–H groups in total. The molecule has 2 unspecified atom stereocenters. The van der Waals surface area contributed by atoms with Crippen LogP contribution in [0.5, 0.6) is 0 Å². The molecule has 0 aliphatic rings. The SMILES string of the molecule is CC(OC(=O)C(C)n1c(=O)oc2ccccc21)C(=O)Nc1ccc(C(F)(F)F)cc1. The summed E-state index contributed by atoms with van der Waals surface area (Å²) in [6, 6.07) is 9.29. The van der Waals surface area contributed by atoms with Crippen molar-refractivity contribution < 1.29 is 31.9 Å². The zero-order valence-corrected chi connectivity index (χ0v) is 15.9. The largest absolute Gasteiger partial charge is 0.451 e. The fourth-order valence-corrected chi connectivity index (χ4v) is 2.77. The number of para-hydroxylation sites is 2. The average Bonchev–Trinajstić information content (AvgIpc) is 3.02. The van der Waals surface area contributed by atoms with Gasteiger partial charge in [0.25, 0.3) is 5.91 Å². The minimum Gasteiger partial charge on any atom is -0.451 e. The maximum atomic E-state index is 12.6. The van der Waals surface area contributed by atoms with Crippen molar-refractivity contribution in [2.45, 2.75) is 32.2 Å². The van der Waals surface area contributed by atoms with Gasteiger partial charge in [0.15, 0.2) is 11.7 Å². The Kier molecular flexibility index (Phi) is 5.68. The minimum absolute atomic E-state index is 0.112. The summed E-state index contributed by atoms with van der Waals surface area (Å²) in [5.74, 6) is -2.33. The summed E-state index contributed by atoms with van der Waals surface area (Å²) in [7, 11) is 0. The van der Waals surface area contributed by atoms with Crippen molar-refractivity contribution in [3.63, 3.8) is 0 Å². The molecule has 0 saturated carbocycles. The Balaban J connectivity index is 1.66. The number of aromatic nitrogens is 1. The first-order chi connectivity index (χ1) is 14.1. The van der Waals surface area contributed by atoms with Crippen molar-refractivity contribution in [3.8, 4) is 0 Å². The Morgan fingerprint density at radius 3 is 2.33 bits per heavy atom. The molecule has 2 aromatic carbocycles. The van der Waals surface area contributed by atoms with Gasteiger partial charge in [-0.1, -0.05) is 12.1 Å². The highest BCUT2D eigenvalue weighted by Gasteiger charge is 2.30. The van der Waals surface area contributed by atoms with Crippen molar-refractivity contribution >= 4 is 28.7 Å². The fourth-order valence-electron chi connectivity index (χ4n) is 2.77. The lowest BCUT2D eigenvalue weighted by Crippen LogP contribution is -2.34. The second-order valence-corrected chi connectivity index (χ2v) is 6.53. The lowest BCUT2D eigenvalue weighted by molar-refractivity contribution is -0.156. The van der Waals surface area contributed by atoms with Crippen LogP contribution in [0.25, 0.3) is 11.1 Å². The summed E-state index contributed by atoms with van der Waals surface area (Å²) in [6.45, 7) is 2.73. The van der Waals surface area contributed by atoms with Gasteiger partial charge in [-0.3, -0.25) is 9.36 Å². The average molecular weight is 422 g/mol. The van der Waals surface area contributed by atoms with Gasteiger partial charge in [-0.15, -0.1) is 0 Å². The Labute approximate surface area is 168 Å². The molecule has 0 spiro atoms. The number of fused-ring (bicyclic) bond motifs is 1. The molecule has 7 nitrogen and oxygen atoms in total. The van der Waals surface area contributed by atoms with Crippen LogP contribution in [0, 0.1) is 0 Å². The predicted octanol–water partition coefficient (Wildman–Crippen LogP) is 3.74. The number of nitrogens with one attached hydrogen (secondary N) is 1. The first-order valence-corrected chi connectivity index (χ1v) is 8.86. The van der Waals surface area contributed by atoms with Crippen LogP contribution in [0.4, 0.5) is 18.9 Å². The number of hydrogen-bond donors (Lipinski definition) is 1. The Morgan fingerprint density at radius 1 is 1.07 bits per heavy atom. The first kappa shape index (κ1) is 21.2. The van der Waals surface area contributed by atoms with Gasteiger partial charge in [0.05, 0.1) is 11.1 Å². The molecule has 0 radical (unpaired) electrons. The van der Waals surface area contributed by atoms with E-state index >= 15 is 0 Å². The molecule has 0 saturated heterocycles. The number of halogens is 3. The van der Waals surface area contributed by atoms with Gasteiger partial charge < -0.3 is 14.5 Å². The summed E-state index contributed by atoms with van der Waals surface area (Å²) in [4.78, 5) is 36.7. The van der Waals surface area contributed by atoms with Gasteiger partial charge in [0.2, 0.25) is 0 Å². The molecule has 0 aliphatic carbocycles. The number of oxazole rings is 1. The van der Waals surface area contributed by atoms with E-state index < -0.39 is 41.5 Å². The number of alkyl halides is 3. The van der Waals surface area contributed by atoms with E-state index in [9.17, 15) is 27.6 Å². The zero-order valence-electron chi connectivity index (χ0n) is 15.9. The zero-order chi connectivity index (χ0) is 22.1. The second-order valence-electron chi connectivity index (χ2n) is 6.53. The number of carbonyl (C=O) groups is 2. The third-order valence-electron chi connectivity index (χ3n) is 4.39. The quantitative estimate of drug-likeness (QED) is 0.633. The highest BCUT2D eigenvalue weighted by atomic mass is 19.4. The van der Waals surface area contributed by atoms with E-state index in [2.05, 4.69) is 5.32 Å². The fraction of sp³-hybridized carbons (Fsp3) is 0.250. The van der Waals surface area contributed by atoms with E-state index in [0.717, 1.165) is 28.8 Å². The van der Waals surface area contributed by atoms with Crippen LogP contribution in [0.3, 0.4) is 0 Å². The molecule has 1 aromatic heterocycles. The number of hydrogen-bond acceptors (Lipinski definition) is 5. The van der Waals surface area contributed by atoms with Crippen LogP contribution in [-0.2, 0) is 20.5 Å². The molecule has 3 rings (SSSR count). The van der Waals surface area contributed by atoms with Crippen molar-refractivity contribution in [2.75, 3.05) is 5.32 Å². The number of carbonyl (C=O) groups excluding carboxylic acids is 2. The van der Waals surface area contributed by atoms with Crippen molar-refractivity contribution in [3.05, 3.63) is 64.6 Å². The van der Waals surface area contributed by atoms with Crippen LogP contribution in [0.15, 0.2) is 57.7 Å². The number of rotatable bonds is 5. The smallest absolute Gasteiger partial charge is 0.420 e. The van der Waals surface area contributed by atoms with Crippen LogP contribution in [0.2, 0.25) is 0 Å². The molecule has 30 heavy (non-hydrogen) atoms. The number of anilines is 1. The topological polar surface area (TPSA) is 90.5 Å². The lowest BCUT2D eigenvalue weighted by atomic mass is 10.2. The van der Waals surface area contributed by atoms with E-state index in [4.69, 9.17) is 9.15 Å². The molecule has 1 amide bonds. The highest BCUT2D eigenvalue weighted by molar-refractivity contribution is 5.95. The van der Waals surface area contributed by atoms with Crippen molar-refractivity contribution in [1.29, 1.82) is 0 Å². The number of esters is 1. The summed E-state index contributed by atoms with van der Waals surface area (Å²) >= 11 is 0. The van der Waals surface area contributed by atoms with Gasteiger partial charge in [-0.05, 0) is 50.2 Å². The molecule has 158 valence electrons. The molecular formula is C20H17F3N2O5. The van der Waals surface area contributed by atoms with E-state index in [1.165, 1.54) is 13.8 Å². The number of ether oxygens (including phenoxy) is 1. The Hall–Kier alpha value is -3.56. The van der Waals surface area contributed by atoms with Crippen LogP contribution < -0.4 is 11.1 Å². The molecule has 1 heterocycles. The second kappa shape index (κ2) is 8.05. The third-order valence-corrected chi connectivity index (χ3v) is 4.39. The Bertz CT molecular complexity index is 1130. The first-order valence-electron chi connectivity index (χ1n) is 8.86. The van der Waals surface area contributed by atoms with Crippen LogP contribution in [-0.4, -0.2) is 22.5 Å². The van der Waals surface area contributed by atoms with Gasteiger partial charge in [0, 0.05) is 5.69 Å². The molecule has 0 aliphatic heterocycles. The minimum atomic E-state index is -4.49. The van der Waals surface area contributed by atoms with Crippen LogP contribution in [0.1, 0.15) is 25.5 Å². The van der Waals surface area contributed by atoms with E-state index in [-0.39, 0.29) is 5.69 Å². The molecule has 3 aromatic rings. The van der Waals surface area contributed by atoms with Crippen molar-refractivity contribution in [2.24, 2.45) is 0 Å². The van der Waals surface area contributed by atoms with Gasteiger partial charge in [0.1, 0.15) is 6.04 Å². The highest BCUT2D eigenvalue weighted by Crippen LogP contribution is 2.29. The maximum absolute atomic E-state index is 12.6.